The Morgan fingerprint density at radius 2 is 2.33 bits per heavy atom. The van der Waals surface area contributed by atoms with E-state index in [1.807, 2.05) is 6.20 Å². The number of nitrogens with two attached hydrogens (primary N) is 1. The zero-order chi connectivity index (χ0) is 11.3. The lowest BCUT2D eigenvalue weighted by Crippen LogP contribution is -2.31. The maximum Gasteiger partial charge on any atom is 0.197 e. The summed E-state index contributed by atoms with van der Waals surface area (Å²) in [6.07, 6.45) is 3.07. The largest absolute Gasteiger partial charge is 0.300 e. The van der Waals surface area contributed by atoms with Gasteiger partial charge in [-0.1, -0.05) is 25.2 Å². The first-order chi connectivity index (χ1) is 7.21. The number of nitrogen functional groups attached to an aromatic ring is 1. The Morgan fingerprint density at radius 1 is 1.60 bits per heavy atom. The molecule has 0 bridgehead atoms. The minimum Gasteiger partial charge on any atom is -0.300 e. The number of rotatable bonds is 6. The van der Waals surface area contributed by atoms with E-state index in [1.165, 1.54) is 11.3 Å². The molecule has 0 spiro atoms. The van der Waals surface area contributed by atoms with E-state index >= 15 is 0 Å². The molecular formula is C10H20N4S. The first-order valence-corrected chi connectivity index (χ1v) is 6.18. The Bertz CT molecular complexity index is 287. The van der Waals surface area contributed by atoms with Crippen LogP contribution >= 0.6 is 11.3 Å². The average Bonchev–Trinajstić information content (AvgIpc) is 2.72. The number of nitrogens with one attached hydrogen (secondary N) is 1. The van der Waals surface area contributed by atoms with E-state index in [9.17, 15) is 0 Å². The first-order valence-electron chi connectivity index (χ1n) is 5.36. The topological polar surface area (TPSA) is 54.2 Å². The molecule has 0 radical (unpaired) electrons. The molecule has 1 heterocycles. The monoisotopic (exact) mass is 228 g/mol. The summed E-state index contributed by atoms with van der Waals surface area (Å²) in [7, 11) is 0. The molecule has 0 aliphatic heterocycles. The van der Waals surface area contributed by atoms with E-state index in [4.69, 9.17) is 5.84 Å². The van der Waals surface area contributed by atoms with Crippen molar-refractivity contribution in [3.05, 3.63) is 11.1 Å². The fourth-order valence-electron chi connectivity index (χ4n) is 1.49. The normalized spacial score (nSPS) is 13.1. The van der Waals surface area contributed by atoms with Gasteiger partial charge in [-0.25, -0.2) is 10.8 Å². The second-order valence-corrected chi connectivity index (χ2v) is 4.71. The molecule has 0 fully saturated rings. The van der Waals surface area contributed by atoms with Crippen molar-refractivity contribution in [1.29, 1.82) is 0 Å². The molecule has 3 N–H and O–H groups in total. The van der Waals surface area contributed by atoms with Crippen molar-refractivity contribution >= 4 is 16.5 Å². The molecule has 0 amide bonds. The van der Waals surface area contributed by atoms with Crippen molar-refractivity contribution < 1.29 is 0 Å². The fourth-order valence-corrected chi connectivity index (χ4v) is 2.23. The Kier molecular flexibility index (Phi) is 5.01. The molecule has 1 unspecified atom stereocenters. The Balaban J connectivity index is 2.58. The lowest BCUT2D eigenvalue weighted by Gasteiger charge is -2.25. The number of hydrogen-bond acceptors (Lipinski definition) is 5. The van der Waals surface area contributed by atoms with Gasteiger partial charge in [-0.15, -0.1) is 0 Å². The van der Waals surface area contributed by atoms with Crippen LogP contribution in [0, 0.1) is 0 Å². The molecule has 1 rings (SSSR count). The Morgan fingerprint density at radius 3 is 2.80 bits per heavy atom. The summed E-state index contributed by atoms with van der Waals surface area (Å²) in [5.41, 5.74) is 2.57. The number of nitrogens with zero attached hydrogens (tertiary/aromatic N) is 2. The zero-order valence-corrected chi connectivity index (χ0v) is 10.5. The highest BCUT2D eigenvalue weighted by Gasteiger charge is 2.11. The SMILES string of the molecule is CCC(C)N(CC)Cc1cnc(NN)s1. The third-order valence-corrected chi connectivity index (χ3v) is 3.57. The van der Waals surface area contributed by atoms with Gasteiger partial charge in [0.15, 0.2) is 5.13 Å². The Hall–Kier alpha value is -0.650. The van der Waals surface area contributed by atoms with E-state index in [0.717, 1.165) is 18.2 Å². The summed E-state index contributed by atoms with van der Waals surface area (Å²) in [5, 5.41) is 0.783. The molecule has 0 saturated heterocycles. The Labute approximate surface area is 95.5 Å². The van der Waals surface area contributed by atoms with E-state index in [0.29, 0.717) is 6.04 Å². The number of hydrogen-bond donors (Lipinski definition) is 2. The first kappa shape index (κ1) is 12.4. The molecule has 1 atom stereocenters. The van der Waals surface area contributed by atoms with Crippen molar-refractivity contribution in [3.63, 3.8) is 0 Å². The fraction of sp³-hybridized carbons (Fsp3) is 0.700. The van der Waals surface area contributed by atoms with Crippen LogP contribution in [0.25, 0.3) is 0 Å². The van der Waals surface area contributed by atoms with E-state index < -0.39 is 0 Å². The second-order valence-electron chi connectivity index (χ2n) is 3.60. The standard InChI is InChI=1S/C10H20N4S/c1-4-8(3)14(5-2)7-9-6-12-10(13-11)15-9/h6,8H,4-5,7,11H2,1-3H3,(H,12,13). The van der Waals surface area contributed by atoms with Gasteiger partial charge in [0.25, 0.3) is 0 Å². The van der Waals surface area contributed by atoms with Crippen LogP contribution < -0.4 is 11.3 Å². The summed E-state index contributed by atoms with van der Waals surface area (Å²) in [4.78, 5) is 7.86. The van der Waals surface area contributed by atoms with Crippen LogP contribution in [0.2, 0.25) is 0 Å². The molecule has 15 heavy (non-hydrogen) atoms. The van der Waals surface area contributed by atoms with Crippen LogP contribution in [-0.2, 0) is 6.54 Å². The van der Waals surface area contributed by atoms with Crippen molar-refractivity contribution in [2.45, 2.75) is 39.8 Å². The van der Waals surface area contributed by atoms with E-state index in [1.54, 1.807) is 11.3 Å². The van der Waals surface area contributed by atoms with Crippen LogP contribution in [0.5, 0.6) is 0 Å². The smallest absolute Gasteiger partial charge is 0.197 e. The number of anilines is 1. The summed E-state index contributed by atoms with van der Waals surface area (Å²) >= 11 is 1.62. The maximum absolute atomic E-state index is 5.30. The minimum atomic E-state index is 0.617. The average molecular weight is 228 g/mol. The van der Waals surface area contributed by atoms with Crippen molar-refractivity contribution in [1.82, 2.24) is 9.88 Å². The highest BCUT2D eigenvalue weighted by Crippen LogP contribution is 2.19. The van der Waals surface area contributed by atoms with Crippen LogP contribution in [0.4, 0.5) is 5.13 Å². The van der Waals surface area contributed by atoms with Gasteiger partial charge >= 0.3 is 0 Å². The van der Waals surface area contributed by atoms with Gasteiger partial charge in [0, 0.05) is 23.7 Å². The van der Waals surface area contributed by atoms with Crippen molar-refractivity contribution in [2.75, 3.05) is 12.0 Å². The molecule has 0 aromatic carbocycles. The van der Waals surface area contributed by atoms with Crippen molar-refractivity contribution in [3.8, 4) is 0 Å². The van der Waals surface area contributed by atoms with Crippen LogP contribution in [0.3, 0.4) is 0 Å². The summed E-state index contributed by atoms with van der Waals surface area (Å²) in [5.74, 6) is 5.30. The quantitative estimate of drug-likeness (QED) is 0.578. The van der Waals surface area contributed by atoms with Crippen molar-refractivity contribution in [2.24, 2.45) is 5.84 Å². The van der Waals surface area contributed by atoms with Crippen LogP contribution in [-0.4, -0.2) is 22.5 Å². The highest BCUT2D eigenvalue weighted by molar-refractivity contribution is 7.15. The molecule has 0 aliphatic carbocycles. The van der Waals surface area contributed by atoms with Gasteiger partial charge in [0.05, 0.1) is 0 Å². The predicted octanol–water partition coefficient (Wildman–Crippen LogP) is 2.05. The summed E-state index contributed by atoms with van der Waals surface area (Å²) in [6, 6.07) is 0.617. The molecule has 5 heteroatoms. The molecule has 0 saturated carbocycles. The third-order valence-electron chi connectivity index (χ3n) is 2.66. The highest BCUT2D eigenvalue weighted by atomic mass is 32.1. The molecule has 1 aromatic rings. The van der Waals surface area contributed by atoms with Gasteiger partial charge in [-0.05, 0) is 19.9 Å². The van der Waals surface area contributed by atoms with Gasteiger partial charge in [0.2, 0.25) is 0 Å². The number of hydrazine groups is 1. The lowest BCUT2D eigenvalue weighted by molar-refractivity contribution is 0.208. The minimum absolute atomic E-state index is 0.617. The van der Waals surface area contributed by atoms with E-state index in [2.05, 4.69) is 36.1 Å². The molecule has 86 valence electrons. The number of aromatic nitrogens is 1. The number of thiazole rings is 1. The van der Waals surface area contributed by atoms with Crippen LogP contribution in [0.15, 0.2) is 6.20 Å². The molecule has 4 nitrogen and oxygen atoms in total. The van der Waals surface area contributed by atoms with Crippen LogP contribution in [0.1, 0.15) is 32.1 Å². The zero-order valence-electron chi connectivity index (χ0n) is 9.66. The lowest BCUT2D eigenvalue weighted by atomic mass is 10.2. The maximum atomic E-state index is 5.30. The predicted molar refractivity (Wildman–Crippen MR) is 65.8 cm³/mol. The second kappa shape index (κ2) is 6.05. The van der Waals surface area contributed by atoms with Gasteiger partial charge in [-0.3, -0.25) is 10.3 Å². The third kappa shape index (κ3) is 3.44. The molecule has 0 aliphatic rings. The van der Waals surface area contributed by atoms with Gasteiger partial charge in [0.1, 0.15) is 0 Å². The van der Waals surface area contributed by atoms with Gasteiger partial charge < -0.3 is 0 Å². The molecule has 1 aromatic heterocycles. The summed E-state index contributed by atoms with van der Waals surface area (Å²) < 4.78 is 0. The molecular weight excluding hydrogens is 208 g/mol. The van der Waals surface area contributed by atoms with Gasteiger partial charge in [-0.2, -0.15) is 0 Å². The summed E-state index contributed by atoms with van der Waals surface area (Å²) in [6.45, 7) is 8.69. The van der Waals surface area contributed by atoms with E-state index in [-0.39, 0.29) is 0 Å².